The maximum Gasteiger partial charge on any atom is 0.225 e. The molecule has 0 saturated carbocycles. The Morgan fingerprint density at radius 3 is 2.58 bits per heavy atom. The van der Waals surface area contributed by atoms with Gasteiger partial charge in [-0.1, -0.05) is 6.08 Å². The van der Waals surface area contributed by atoms with Crippen LogP contribution in [0.15, 0.2) is 29.9 Å². The molecule has 1 aromatic heterocycles. The first-order valence-corrected chi connectivity index (χ1v) is 7.95. The Kier molecular flexibility index (Phi) is 3.86. The number of sulfone groups is 1. The molecule has 2 rings (SSSR count). The number of nitrogens with zero attached hydrogens (tertiary/aromatic N) is 3. The van der Waals surface area contributed by atoms with Crippen molar-refractivity contribution in [1.82, 2.24) is 15.3 Å². The topological polar surface area (TPSA) is 75.2 Å². The van der Waals surface area contributed by atoms with E-state index in [9.17, 15) is 8.42 Å². The maximum atomic E-state index is 11.4. The number of anilines is 1. The Hall–Kier alpha value is -1.47. The van der Waals surface area contributed by atoms with Gasteiger partial charge in [0.25, 0.3) is 0 Å². The SMILES string of the molecule is C=C[C@@H]1CN(c2ncc(S(C)(=O)=O)cn2)C[C@@H](C)N1. The highest BCUT2D eigenvalue weighted by molar-refractivity contribution is 7.90. The fraction of sp³-hybridized carbons (Fsp3) is 0.500. The first-order chi connectivity index (χ1) is 8.90. The summed E-state index contributed by atoms with van der Waals surface area (Å²) in [6, 6.07) is 0.483. The van der Waals surface area contributed by atoms with Crippen LogP contribution in [0.5, 0.6) is 0 Å². The van der Waals surface area contributed by atoms with Crippen molar-refractivity contribution in [2.75, 3.05) is 24.2 Å². The standard InChI is InChI=1S/C12H18N4O2S/c1-4-10-8-16(7-9(2)15-10)12-13-5-11(6-14-12)19(3,17)18/h4-6,9-10,15H,1,7-8H2,2-3H3/t9-,10-/m1/s1. The Labute approximate surface area is 113 Å². The summed E-state index contributed by atoms with van der Waals surface area (Å²) in [6.07, 6.45) is 5.71. The third-order valence-corrected chi connectivity index (χ3v) is 4.09. The lowest BCUT2D eigenvalue weighted by molar-refractivity contribution is 0.427. The summed E-state index contributed by atoms with van der Waals surface area (Å²) in [7, 11) is -3.25. The fourth-order valence-electron chi connectivity index (χ4n) is 2.08. The maximum absolute atomic E-state index is 11.4. The second-order valence-corrected chi connectivity index (χ2v) is 6.82. The van der Waals surface area contributed by atoms with Gasteiger partial charge < -0.3 is 10.2 Å². The first kappa shape index (κ1) is 14.0. The van der Waals surface area contributed by atoms with Crippen molar-refractivity contribution in [2.24, 2.45) is 0 Å². The summed E-state index contributed by atoms with van der Waals surface area (Å²) in [5.74, 6) is 0.549. The molecular weight excluding hydrogens is 264 g/mol. The van der Waals surface area contributed by atoms with Crippen LogP contribution >= 0.6 is 0 Å². The summed E-state index contributed by atoms with van der Waals surface area (Å²) in [5.41, 5.74) is 0. The van der Waals surface area contributed by atoms with Gasteiger partial charge in [0.2, 0.25) is 5.95 Å². The van der Waals surface area contributed by atoms with Crippen LogP contribution in [0.2, 0.25) is 0 Å². The highest BCUT2D eigenvalue weighted by atomic mass is 32.2. The van der Waals surface area contributed by atoms with Crippen LogP contribution in [0, 0.1) is 0 Å². The third-order valence-electron chi connectivity index (χ3n) is 3.02. The zero-order valence-corrected chi connectivity index (χ0v) is 11.9. The van der Waals surface area contributed by atoms with Crippen molar-refractivity contribution in [2.45, 2.75) is 23.9 Å². The smallest absolute Gasteiger partial charge is 0.225 e. The van der Waals surface area contributed by atoms with Crippen LogP contribution in [-0.2, 0) is 9.84 Å². The average molecular weight is 282 g/mol. The van der Waals surface area contributed by atoms with Crippen molar-refractivity contribution in [3.8, 4) is 0 Å². The van der Waals surface area contributed by atoms with Gasteiger partial charge in [0.1, 0.15) is 4.90 Å². The number of hydrogen-bond acceptors (Lipinski definition) is 6. The molecule has 7 heteroatoms. The van der Waals surface area contributed by atoms with E-state index in [1.54, 1.807) is 0 Å². The zero-order valence-electron chi connectivity index (χ0n) is 11.1. The number of rotatable bonds is 3. The Morgan fingerprint density at radius 1 is 1.42 bits per heavy atom. The van der Waals surface area contributed by atoms with Gasteiger partial charge in [0, 0.05) is 31.4 Å². The predicted molar refractivity (Wildman–Crippen MR) is 73.9 cm³/mol. The molecule has 0 bridgehead atoms. The normalized spacial score (nSPS) is 24.2. The van der Waals surface area contributed by atoms with Crippen LogP contribution in [-0.4, -0.2) is 49.8 Å². The number of nitrogens with one attached hydrogen (secondary N) is 1. The van der Waals surface area contributed by atoms with Crippen LogP contribution in [0.3, 0.4) is 0 Å². The van der Waals surface area contributed by atoms with Crippen LogP contribution in [0.25, 0.3) is 0 Å². The summed E-state index contributed by atoms with van der Waals surface area (Å²) >= 11 is 0. The number of piperazine rings is 1. The van der Waals surface area contributed by atoms with Gasteiger partial charge in [-0.05, 0) is 6.92 Å². The third kappa shape index (κ3) is 3.30. The molecule has 104 valence electrons. The highest BCUT2D eigenvalue weighted by Gasteiger charge is 2.23. The number of hydrogen-bond donors (Lipinski definition) is 1. The van der Waals surface area contributed by atoms with E-state index < -0.39 is 9.84 Å². The predicted octanol–water partition coefficient (Wildman–Crippen LogP) is 0.233. The Balaban J connectivity index is 2.20. The molecule has 0 unspecified atom stereocenters. The monoisotopic (exact) mass is 282 g/mol. The summed E-state index contributed by atoms with van der Waals surface area (Å²) in [6.45, 7) is 7.37. The molecule has 0 aliphatic carbocycles. The minimum atomic E-state index is -3.25. The first-order valence-electron chi connectivity index (χ1n) is 6.06. The van der Waals surface area contributed by atoms with E-state index in [0.29, 0.717) is 12.0 Å². The molecule has 1 saturated heterocycles. The van der Waals surface area contributed by atoms with E-state index in [4.69, 9.17) is 0 Å². The zero-order chi connectivity index (χ0) is 14.0. The molecule has 2 atom stereocenters. The van der Waals surface area contributed by atoms with Gasteiger partial charge >= 0.3 is 0 Å². The molecule has 1 aliphatic heterocycles. The molecule has 0 radical (unpaired) electrons. The molecule has 1 N–H and O–H groups in total. The van der Waals surface area contributed by atoms with Gasteiger partial charge in [0.15, 0.2) is 9.84 Å². The van der Waals surface area contributed by atoms with Gasteiger partial charge in [-0.15, -0.1) is 6.58 Å². The van der Waals surface area contributed by atoms with E-state index in [1.807, 2.05) is 11.0 Å². The van der Waals surface area contributed by atoms with E-state index >= 15 is 0 Å². The molecule has 1 aromatic rings. The fourth-order valence-corrected chi connectivity index (χ4v) is 2.57. The molecule has 6 nitrogen and oxygen atoms in total. The quantitative estimate of drug-likeness (QED) is 0.800. The lowest BCUT2D eigenvalue weighted by Crippen LogP contribution is -2.55. The van der Waals surface area contributed by atoms with Gasteiger partial charge in [-0.25, -0.2) is 18.4 Å². The molecule has 2 heterocycles. The van der Waals surface area contributed by atoms with E-state index in [-0.39, 0.29) is 10.9 Å². The molecule has 0 amide bonds. The summed E-state index contributed by atoms with van der Waals surface area (Å²) < 4.78 is 22.7. The van der Waals surface area contributed by atoms with Gasteiger partial charge in [0.05, 0.1) is 12.4 Å². The largest absolute Gasteiger partial charge is 0.337 e. The van der Waals surface area contributed by atoms with Crippen LogP contribution < -0.4 is 10.2 Å². The molecule has 1 aliphatic rings. The van der Waals surface area contributed by atoms with Crippen LogP contribution in [0.4, 0.5) is 5.95 Å². The summed E-state index contributed by atoms with van der Waals surface area (Å²) in [5, 5.41) is 3.39. The molecule has 19 heavy (non-hydrogen) atoms. The minimum Gasteiger partial charge on any atom is -0.337 e. The van der Waals surface area contributed by atoms with Crippen molar-refractivity contribution in [3.05, 3.63) is 25.0 Å². The van der Waals surface area contributed by atoms with Crippen molar-refractivity contribution in [1.29, 1.82) is 0 Å². The van der Waals surface area contributed by atoms with Gasteiger partial charge in [-0.3, -0.25) is 0 Å². The van der Waals surface area contributed by atoms with Gasteiger partial charge in [-0.2, -0.15) is 0 Å². The molecular formula is C12H18N4O2S. The van der Waals surface area contributed by atoms with Crippen molar-refractivity contribution in [3.63, 3.8) is 0 Å². The van der Waals surface area contributed by atoms with E-state index in [2.05, 4.69) is 28.8 Å². The lowest BCUT2D eigenvalue weighted by Gasteiger charge is -2.36. The second kappa shape index (κ2) is 5.26. The average Bonchev–Trinajstić information content (AvgIpc) is 2.37. The second-order valence-electron chi connectivity index (χ2n) is 4.81. The van der Waals surface area contributed by atoms with Crippen molar-refractivity contribution >= 4 is 15.8 Å². The Bertz CT molecular complexity index is 556. The Morgan fingerprint density at radius 2 is 2.05 bits per heavy atom. The van der Waals surface area contributed by atoms with Crippen LogP contribution in [0.1, 0.15) is 6.92 Å². The molecule has 0 spiro atoms. The van der Waals surface area contributed by atoms with E-state index in [1.165, 1.54) is 12.4 Å². The summed E-state index contributed by atoms with van der Waals surface area (Å²) in [4.78, 5) is 10.5. The minimum absolute atomic E-state index is 0.139. The van der Waals surface area contributed by atoms with Crippen molar-refractivity contribution < 1.29 is 8.42 Å². The number of aromatic nitrogens is 2. The highest BCUT2D eigenvalue weighted by Crippen LogP contribution is 2.14. The molecule has 0 aromatic carbocycles. The lowest BCUT2D eigenvalue weighted by atomic mass is 10.1. The van der Waals surface area contributed by atoms with E-state index in [0.717, 1.165) is 19.3 Å². The molecule has 1 fully saturated rings.